The maximum absolute atomic E-state index is 12.3. The van der Waals surface area contributed by atoms with E-state index < -0.39 is 5.54 Å². The predicted molar refractivity (Wildman–Crippen MR) is 72.6 cm³/mol. The first kappa shape index (κ1) is 14.0. The molecule has 0 aliphatic carbocycles. The average molecular weight is 263 g/mol. The monoisotopic (exact) mass is 263 g/mol. The minimum Gasteiger partial charge on any atom is -0.394 e. The third kappa shape index (κ3) is 3.33. The van der Waals surface area contributed by atoms with Gasteiger partial charge in [0.2, 0.25) is 5.91 Å². The lowest BCUT2D eigenvalue weighted by Gasteiger charge is -2.32. The number of amides is 1. The molecule has 1 amide bonds. The Morgan fingerprint density at radius 1 is 1.37 bits per heavy atom. The van der Waals surface area contributed by atoms with Crippen molar-refractivity contribution in [2.75, 3.05) is 19.8 Å². The smallest absolute Gasteiger partial charge is 0.224 e. The van der Waals surface area contributed by atoms with E-state index in [1.54, 1.807) is 0 Å². The van der Waals surface area contributed by atoms with E-state index in [9.17, 15) is 9.90 Å². The molecular formula is C15H21NO3. The Balaban J connectivity index is 2.07. The van der Waals surface area contributed by atoms with Crippen LogP contribution in [-0.4, -0.2) is 30.8 Å². The fourth-order valence-corrected chi connectivity index (χ4v) is 2.34. The molecule has 1 saturated heterocycles. The Kier molecular flexibility index (Phi) is 4.56. The lowest BCUT2D eigenvalue weighted by molar-refractivity contribution is -0.130. The number of hydrogen-bond acceptors (Lipinski definition) is 3. The highest BCUT2D eigenvalue weighted by atomic mass is 16.5. The highest BCUT2D eigenvalue weighted by molar-refractivity contribution is 5.79. The normalized spacial score (nSPS) is 19.7. The second-order valence-electron chi connectivity index (χ2n) is 5.23. The minimum atomic E-state index is -0.726. The molecule has 0 saturated carbocycles. The Bertz CT molecular complexity index is 415. The van der Waals surface area contributed by atoms with E-state index in [-0.39, 0.29) is 18.4 Å². The third-order valence-corrected chi connectivity index (χ3v) is 3.72. The molecular weight excluding hydrogens is 242 g/mol. The molecule has 1 aliphatic heterocycles. The fourth-order valence-electron chi connectivity index (χ4n) is 2.34. The first-order valence-electron chi connectivity index (χ1n) is 6.72. The summed E-state index contributed by atoms with van der Waals surface area (Å²) in [5, 5.41) is 12.6. The van der Waals surface area contributed by atoms with Crippen LogP contribution in [0.2, 0.25) is 0 Å². The SMILES string of the molecule is CC(CO)(NC(=O)C1CCOCC1)c1ccccc1. The van der Waals surface area contributed by atoms with E-state index in [1.165, 1.54) is 0 Å². The summed E-state index contributed by atoms with van der Waals surface area (Å²) >= 11 is 0. The van der Waals surface area contributed by atoms with Gasteiger partial charge in [-0.05, 0) is 25.3 Å². The van der Waals surface area contributed by atoms with Gasteiger partial charge < -0.3 is 15.2 Å². The molecule has 0 radical (unpaired) electrons. The molecule has 1 heterocycles. The number of rotatable bonds is 4. The standard InChI is InChI=1S/C15H21NO3/c1-15(11-17,13-5-3-2-4-6-13)16-14(18)12-7-9-19-10-8-12/h2-6,12,17H,7-11H2,1H3,(H,16,18). The zero-order valence-corrected chi connectivity index (χ0v) is 11.3. The molecule has 104 valence electrons. The number of ether oxygens (including phenoxy) is 1. The van der Waals surface area contributed by atoms with Crippen LogP contribution in [0.1, 0.15) is 25.3 Å². The quantitative estimate of drug-likeness (QED) is 0.864. The summed E-state index contributed by atoms with van der Waals surface area (Å²) in [6.07, 6.45) is 1.50. The lowest BCUT2D eigenvalue weighted by atomic mass is 9.90. The van der Waals surface area contributed by atoms with Crippen molar-refractivity contribution < 1.29 is 14.6 Å². The van der Waals surface area contributed by atoms with Gasteiger partial charge in [-0.1, -0.05) is 30.3 Å². The molecule has 0 bridgehead atoms. The summed E-state index contributed by atoms with van der Waals surface area (Å²) in [6, 6.07) is 9.57. The van der Waals surface area contributed by atoms with Gasteiger partial charge in [0, 0.05) is 19.1 Å². The van der Waals surface area contributed by atoms with Crippen molar-refractivity contribution in [1.82, 2.24) is 5.32 Å². The number of nitrogens with one attached hydrogen (secondary N) is 1. The van der Waals surface area contributed by atoms with Gasteiger partial charge in [-0.15, -0.1) is 0 Å². The maximum Gasteiger partial charge on any atom is 0.224 e. The van der Waals surface area contributed by atoms with Gasteiger partial charge in [-0.3, -0.25) is 4.79 Å². The Hall–Kier alpha value is -1.39. The van der Waals surface area contributed by atoms with Gasteiger partial charge in [0.05, 0.1) is 12.1 Å². The topological polar surface area (TPSA) is 58.6 Å². The molecule has 0 spiro atoms. The molecule has 1 atom stereocenters. The lowest BCUT2D eigenvalue weighted by Crippen LogP contribution is -2.49. The molecule has 1 unspecified atom stereocenters. The van der Waals surface area contributed by atoms with Crippen molar-refractivity contribution >= 4 is 5.91 Å². The number of aliphatic hydroxyl groups excluding tert-OH is 1. The molecule has 1 fully saturated rings. The van der Waals surface area contributed by atoms with Crippen LogP contribution in [0.25, 0.3) is 0 Å². The molecule has 1 aliphatic rings. The van der Waals surface area contributed by atoms with Crippen molar-refractivity contribution in [3.8, 4) is 0 Å². The molecule has 19 heavy (non-hydrogen) atoms. The van der Waals surface area contributed by atoms with E-state index in [2.05, 4.69) is 5.32 Å². The first-order valence-corrected chi connectivity index (χ1v) is 6.72. The van der Waals surface area contributed by atoms with Gasteiger partial charge in [0.1, 0.15) is 0 Å². The van der Waals surface area contributed by atoms with E-state index in [0.717, 1.165) is 18.4 Å². The van der Waals surface area contributed by atoms with Crippen LogP contribution in [-0.2, 0) is 15.1 Å². The van der Waals surface area contributed by atoms with Gasteiger partial charge in [0.15, 0.2) is 0 Å². The van der Waals surface area contributed by atoms with E-state index in [4.69, 9.17) is 4.74 Å². The van der Waals surface area contributed by atoms with Crippen LogP contribution in [0.4, 0.5) is 0 Å². The predicted octanol–water partition coefficient (Wildman–Crippen LogP) is 1.44. The molecule has 2 N–H and O–H groups in total. The van der Waals surface area contributed by atoms with Crippen LogP contribution in [0.3, 0.4) is 0 Å². The zero-order chi connectivity index (χ0) is 13.7. The highest BCUT2D eigenvalue weighted by Gasteiger charge is 2.31. The van der Waals surface area contributed by atoms with Gasteiger partial charge in [0.25, 0.3) is 0 Å². The van der Waals surface area contributed by atoms with Gasteiger partial charge >= 0.3 is 0 Å². The number of benzene rings is 1. The van der Waals surface area contributed by atoms with Crippen LogP contribution >= 0.6 is 0 Å². The highest BCUT2D eigenvalue weighted by Crippen LogP contribution is 2.22. The van der Waals surface area contributed by atoms with Crippen LogP contribution in [0.15, 0.2) is 30.3 Å². The molecule has 1 aromatic rings. The van der Waals surface area contributed by atoms with E-state index in [1.807, 2.05) is 37.3 Å². The van der Waals surface area contributed by atoms with Gasteiger partial charge in [-0.2, -0.15) is 0 Å². The second kappa shape index (κ2) is 6.17. The molecule has 2 rings (SSSR count). The van der Waals surface area contributed by atoms with Crippen molar-refractivity contribution in [3.63, 3.8) is 0 Å². The summed E-state index contributed by atoms with van der Waals surface area (Å²) in [6.45, 7) is 3.00. The van der Waals surface area contributed by atoms with Gasteiger partial charge in [-0.25, -0.2) is 0 Å². The van der Waals surface area contributed by atoms with Crippen LogP contribution in [0, 0.1) is 5.92 Å². The van der Waals surface area contributed by atoms with E-state index in [0.29, 0.717) is 13.2 Å². The minimum absolute atomic E-state index is 0.00343. The average Bonchev–Trinajstić information content (AvgIpc) is 2.49. The summed E-state index contributed by atoms with van der Waals surface area (Å²) in [4.78, 5) is 12.3. The Labute approximate surface area is 113 Å². The van der Waals surface area contributed by atoms with Crippen molar-refractivity contribution in [2.24, 2.45) is 5.92 Å². The number of carbonyl (C=O) groups excluding carboxylic acids is 1. The van der Waals surface area contributed by atoms with Crippen LogP contribution < -0.4 is 5.32 Å². The maximum atomic E-state index is 12.3. The summed E-state index contributed by atoms with van der Waals surface area (Å²) in [5.41, 5.74) is 0.189. The second-order valence-corrected chi connectivity index (χ2v) is 5.23. The van der Waals surface area contributed by atoms with Crippen LogP contribution in [0.5, 0.6) is 0 Å². The Morgan fingerprint density at radius 2 is 2.00 bits per heavy atom. The van der Waals surface area contributed by atoms with Crippen molar-refractivity contribution in [2.45, 2.75) is 25.3 Å². The number of carbonyl (C=O) groups is 1. The number of hydrogen-bond donors (Lipinski definition) is 2. The van der Waals surface area contributed by atoms with E-state index >= 15 is 0 Å². The zero-order valence-electron chi connectivity index (χ0n) is 11.3. The largest absolute Gasteiger partial charge is 0.394 e. The molecule has 4 heteroatoms. The molecule has 4 nitrogen and oxygen atoms in total. The van der Waals surface area contributed by atoms with Crippen molar-refractivity contribution in [3.05, 3.63) is 35.9 Å². The summed E-state index contributed by atoms with van der Waals surface area (Å²) < 4.78 is 5.26. The summed E-state index contributed by atoms with van der Waals surface area (Å²) in [7, 11) is 0. The number of aliphatic hydroxyl groups is 1. The molecule has 0 aromatic heterocycles. The Morgan fingerprint density at radius 3 is 2.58 bits per heavy atom. The molecule has 1 aromatic carbocycles. The summed E-state index contributed by atoms with van der Waals surface area (Å²) in [5.74, 6) is -0.00737. The van der Waals surface area contributed by atoms with Crippen molar-refractivity contribution in [1.29, 1.82) is 0 Å². The third-order valence-electron chi connectivity index (χ3n) is 3.72. The fraction of sp³-hybridized carbons (Fsp3) is 0.533. The first-order chi connectivity index (χ1) is 9.15.